The molecule has 5 nitrogen and oxygen atoms in total. The summed E-state index contributed by atoms with van der Waals surface area (Å²) in [5, 5.41) is 1.85. The summed E-state index contributed by atoms with van der Waals surface area (Å²) in [4.78, 5) is 21.2. The molecule has 3 heterocycles. The fourth-order valence-corrected chi connectivity index (χ4v) is 4.78. The summed E-state index contributed by atoms with van der Waals surface area (Å²) in [5.41, 5.74) is 2.60. The number of likely N-dealkylation sites (tertiary alicyclic amines) is 2. The Hall–Kier alpha value is -0.980. The molecular formula is C18H27N3O2S. The van der Waals surface area contributed by atoms with Crippen molar-refractivity contribution in [3.63, 3.8) is 0 Å². The highest BCUT2D eigenvalue weighted by atomic mass is 32.1. The van der Waals surface area contributed by atoms with Crippen molar-refractivity contribution in [2.75, 3.05) is 33.4 Å². The summed E-state index contributed by atoms with van der Waals surface area (Å²) in [5.74, 6) is 0.932. The molecule has 1 aliphatic carbocycles. The van der Waals surface area contributed by atoms with Crippen LogP contribution in [0.3, 0.4) is 0 Å². The molecule has 1 spiro atoms. The Morgan fingerprint density at radius 2 is 2.08 bits per heavy atom. The third-order valence-electron chi connectivity index (χ3n) is 6.23. The van der Waals surface area contributed by atoms with Crippen LogP contribution in [-0.2, 0) is 4.74 Å². The van der Waals surface area contributed by atoms with E-state index in [1.54, 1.807) is 5.51 Å². The summed E-state index contributed by atoms with van der Waals surface area (Å²) >= 11 is 1.48. The number of carbonyl (C=O) groups is 1. The highest BCUT2D eigenvalue weighted by Gasteiger charge is 2.46. The number of hydrogen-bond donors (Lipinski definition) is 0. The van der Waals surface area contributed by atoms with E-state index in [0.29, 0.717) is 11.7 Å². The van der Waals surface area contributed by atoms with Crippen LogP contribution < -0.4 is 0 Å². The molecule has 4 rings (SSSR count). The molecule has 2 aliphatic heterocycles. The van der Waals surface area contributed by atoms with Crippen LogP contribution in [-0.4, -0.2) is 65.6 Å². The van der Waals surface area contributed by atoms with E-state index in [1.807, 2.05) is 10.3 Å². The van der Waals surface area contributed by atoms with Crippen LogP contribution in [0.1, 0.15) is 49.0 Å². The minimum Gasteiger partial charge on any atom is -0.380 e. The average molecular weight is 350 g/mol. The van der Waals surface area contributed by atoms with Gasteiger partial charge in [0.05, 0.1) is 12.1 Å². The lowest BCUT2D eigenvalue weighted by molar-refractivity contribution is 0.0171. The van der Waals surface area contributed by atoms with Crippen molar-refractivity contribution in [3.8, 4) is 0 Å². The normalized spacial score (nSPS) is 27.0. The fourth-order valence-electron chi connectivity index (χ4n) is 4.25. The predicted molar refractivity (Wildman–Crippen MR) is 94.3 cm³/mol. The van der Waals surface area contributed by atoms with Gasteiger partial charge in [0.15, 0.2) is 0 Å². The van der Waals surface area contributed by atoms with E-state index >= 15 is 0 Å². The highest BCUT2D eigenvalue weighted by Crippen LogP contribution is 2.41. The van der Waals surface area contributed by atoms with E-state index in [9.17, 15) is 4.79 Å². The maximum atomic E-state index is 12.5. The van der Waals surface area contributed by atoms with Gasteiger partial charge in [-0.15, -0.1) is 11.3 Å². The topological polar surface area (TPSA) is 45.7 Å². The molecule has 3 aliphatic rings. The maximum Gasteiger partial charge on any atom is 0.273 e. The van der Waals surface area contributed by atoms with Gasteiger partial charge in [0.1, 0.15) is 5.69 Å². The quantitative estimate of drug-likeness (QED) is 0.820. The molecule has 0 radical (unpaired) electrons. The molecule has 0 bridgehead atoms. The molecule has 2 saturated heterocycles. The van der Waals surface area contributed by atoms with E-state index in [-0.39, 0.29) is 11.4 Å². The largest absolute Gasteiger partial charge is 0.380 e. The molecule has 1 aromatic rings. The second kappa shape index (κ2) is 6.73. The van der Waals surface area contributed by atoms with Crippen molar-refractivity contribution >= 4 is 17.2 Å². The molecule has 24 heavy (non-hydrogen) atoms. The minimum atomic E-state index is 0.0936. The van der Waals surface area contributed by atoms with Crippen molar-refractivity contribution in [2.45, 2.75) is 50.1 Å². The highest BCUT2D eigenvalue weighted by molar-refractivity contribution is 7.07. The van der Waals surface area contributed by atoms with E-state index < -0.39 is 0 Å². The zero-order chi connectivity index (χ0) is 16.6. The smallest absolute Gasteiger partial charge is 0.273 e. The molecule has 1 aromatic heterocycles. The number of hydrogen-bond acceptors (Lipinski definition) is 5. The van der Waals surface area contributed by atoms with Crippen molar-refractivity contribution in [1.82, 2.24) is 14.8 Å². The van der Waals surface area contributed by atoms with Crippen LogP contribution in [0.25, 0.3) is 0 Å². The Bertz CT molecular complexity index is 565. The second-order valence-electron chi connectivity index (χ2n) is 7.67. The Labute approximate surface area is 148 Å². The number of rotatable bonds is 5. The third-order valence-corrected chi connectivity index (χ3v) is 6.82. The van der Waals surface area contributed by atoms with Gasteiger partial charge in [0.2, 0.25) is 0 Å². The van der Waals surface area contributed by atoms with Crippen molar-refractivity contribution in [1.29, 1.82) is 0 Å². The van der Waals surface area contributed by atoms with Gasteiger partial charge in [-0.25, -0.2) is 4.98 Å². The third kappa shape index (κ3) is 3.24. The van der Waals surface area contributed by atoms with Gasteiger partial charge in [-0.3, -0.25) is 9.69 Å². The van der Waals surface area contributed by atoms with Gasteiger partial charge in [-0.05, 0) is 51.5 Å². The molecule has 0 unspecified atom stereocenters. The summed E-state index contributed by atoms with van der Waals surface area (Å²) < 4.78 is 5.94. The molecule has 132 valence electrons. The summed E-state index contributed by atoms with van der Waals surface area (Å²) in [6.07, 6.45) is 7.30. The lowest BCUT2D eigenvalue weighted by Crippen LogP contribution is -2.54. The summed E-state index contributed by atoms with van der Waals surface area (Å²) in [7, 11) is 2.26. The lowest BCUT2D eigenvalue weighted by Gasteiger charge is -2.45. The number of thiazole rings is 1. The Morgan fingerprint density at radius 1 is 1.29 bits per heavy atom. The molecule has 1 atom stereocenters. The summed E-state index contributed by atoms with van der Waals surface area (Å²) in [6.45, 7) is 3.51. The van der Waals surface area contributed by atoms with Gasteiger partial charge >= 0.3 is 0 Å². The number of nitrogens with zero attached hydrogens (tertiary/aromatic N) is 3. The molecule has 1 saturated carbocycles. The first-order valence-corrected chi connectivity index (χ1v) is 10.1. The number of likely N-dealkylation sites (N-methyl/N-ethyl adjacent to an activating group) is 1. The standard InChI is InChI=1S/C18H27N3O2S/c1-20-15(11-23-10-14-2-3-14)4-5-18(20)6-8-21(9-7-18)17(22)16-12-24-13-19-16/h12-15H,2-11H2,1H3/t15-/m1/s1. The maximum absolute atomic E-state index is 12.5. The van der Waals surface area contributed by atoms with E-state index in [1.165, 1.54) is 37.0 Å². The zero-order valence-electron chi connectivity index (χ0n) is 14.4. The molecular weight excluding hydrogens is 322 g/mol. The Morgan fingerprint density at radius 3 is 2.75 bits per heavy atom. The summed E-state index contributed by atoms with van der Waals surface area (Å²) in [6, 6.07) is 0.546. The van der Waals surface area contributed by atoms with Crippen molar-refractivity contribution in [3.05, 3.63) is 16.6 Å². The molecule has 0 N–H and O–H groups in total. The zero-order valence-corrected chi connectivity index (χ0v) is 15.3. The molecule has 3 fully saturated rings. The van der Waals surface area contributed by atoms with E-state index in [0.717, 1.165) is 45.1 Å². The van der Waals surface area contributed by atoms with Gasteiger partial charge in [-0.2, -0.15) is 0 Å². The van der Waals surface area contributed by atoms with Gasteiger partial charge in [-0.1, -0.05) is 0 Å². The van der Waals surface area contributed by atoms with Gasteiger partial charge in [0.25, 0.3) is 5.91 Å². The van der Waals surface area contributed by atoms with Crippen LogP contribution >= 0.6 is 11.3 Å². The van der Waals surface area contributed by atoms with Gasteiger partial charge in [0, 0.05) is 36.7 Å². The minimum absolute atomic E-state index is 0.0936. The van der Waals surface area contributed by atoms with Crippen molar-refractivity contribution in [2.24, 2.45) is 5.92 Å². The van der Waals surface area contributed by atoms with Crippen LogP contribution in [0.2, 0.25) is 0 Å². The fraction of sp³-hybridized carbons (Fsp3) is 0.778. The average Bonchev–Trinajstić information content (AvgIpc) is 3.17. The monoisotopic (exact) mass is 349 g/mol. The predicted octanol–water partition coefficient (Wildman–Crippen LogP) is 2.64. The number of ether oxygens (including phenoxy) is 1. The Kier molecular flexibility index (Phi) is 4.62. The molecule has 0 aromatic carbocycles. The van der Waals surface area contributed by atoms with Crippen LogP contribution in [0.5, 0.6) is 0 Å². The lowest BCUT2D eigenvalue weighted by atomic mass is 9.85. The number of aromatic nitrogens is 1. The van der Waals surface area contributed by atoms with Crippen LogP contribution in [0.4, 0.5) is 0 Å². The molecule has 1 amide bonds. The number of piperidine rings is 1. The first-order valence-electron chi connectivity index (χ1n) is 9.16. The first kappa shape index (κ1) is 16.5. The van der Waals surface area contributed by atoms with Crippen molar-refractivity contribution < 1.29 is 9.53 Å². The van der Waals surface area contributed by atoms with Gasteiger partial charge < -0.3 is 9.64 Å². The first-order chi connectivity index (χ1) is 11.7. The second-order valence-corrected chi connectivity index (χ2v) is 8.39. The van der Waals surface area contributed by atoms with E-state index in [2.05, 4.69) is 16.9 Å². The van der Waals surface area contributed by atoms with Crippen LogP contribution in [0, 0.1) is 5.92 Å². The molecule has 6 heteroatoms. The number of amides is 1. The number of carbonyl (C=O) groups excluding carboxylic acids is 1. The van der Waals surface area contributed by atoms with Crippen LogP contribution in [0.15, 0.2) is 10.9 Å². The SMILES string of the molecule is CN1[C@@H](COCC2CC2)CCC12CCN(C(=O)c1cscn1)CC2. The Balaban J connectivity index is 1.30. The van der Waals surface area contributed by atoms with E-state index in [4.69, 9.17) is 4.74 Å².